The third kappa shape index (κ3) is 3.17. The zero-order chi connectivity index (χ0) is 12.5. The summed E-state index contributed by atoms with van der Waals surface area (Å²) in [6.45, 7) is 0. The second-order valence-corrected chi connectivity index (χ2v) is 6.41. The Morgan fingerprint density at radius 3 is 2.76 bits per heavy atom. The van der Waals surface area contributed by atoms with Gasteiger partial charge in [0.25, 0.3) is 0 Å². The Balaban J connectivity index is 2.17. The van der Waals surface area contributed by atoms with Crippen LogP contribution in [0.2, 0.25) is 0 Å². The molecule has 1 aliphatic carbocycles. The van der Waals surface area contributed by atoms with Gasteiger partial charge < -0.3 is 5.73 Å². The van der Waals surface area contributed by atoms with Gasteiger partial charge in [0.15, 0.2) is 0 Å². The summed E-state index contributed by atoms with van der Waals surface area (Å²) in [7, 11) is -3.47. The Bertz CT molecular complexity index is 553. The Morgan fingerprint density at radius 1 is 1.35 bits per heavy atom. The lowest BCUT2D eigenvalue weighted by atomic mass is 10.1. The van der Waals surface area contributed by atoms with Crippen molar-refractivity contribution in [1.29, 1.82) is 0 Å². The van der Waals surface area contributed by atoms with Crippen molar-refractivity contribution in [1.82, 2.24) is 0 Å². The molecule has 3 N–H and O–H groups in total. The molecular formula is C11H14N2O2S2. The zero-order valence-corrected chi connectivity index (χ0v) is 10.9. The van der Waals surface area contributed by atoms with Crippen LogP contribution in [0.3, 0.4) is 0 Å². The van der Waals surface area contributed by atoms with E-state index in [2.05, 4.69) is 16.9 Å². The smallest absolute Gasteiger partial charge is 0.239 e. The van der Waals surface area contributed by atoms with Crippen LogP contribution in [0, 0.1) is 0 Å². The summed E-state index contributed by atoms with van der Waals surface area (Å²) in [5.74, 6) is -0.320. The number of aryl methyl sites for hydroxylation is 2. The number of hydrogen-bond donors (Lipinski definition) is 2. The quantitative estimate of drug-likeness (QED) is 0.807. The molecule has 0 aromatic heterocycles. The van der Waals surface area contributed by atoms with Gasteiger partial charge in [0.2, 0.25) is 10.0 Å². The van der Waals surface area contributed by atoms with Gasteiger partial charge in [-0.15, -0.1) is 0 Å². The van der Waals surface area contributed by atoms with Crippen LogP contribution in [0.4, 0.5) is 5.69 Å². The van der Waals surface area contributed by atoms with Gasteiger partial charge in [-0.05, 0) is 42.5 Å². The van der Waals surface area contributed by atoms with Crippen LogP contribution in [0.15, 0.2) is 18.2 Å². The van der Waals surface area contributed by atoms with Crippen LogP contribution in [0.25, 0.3) is 0 Å². The lowest BCUT2D eigenvalue weighted by molar-refractivity contribution is 0.605. The molecule has 1 aromatic carbocycles. The van der Waals surface area contributed by atoms with E-state index in [-0.39, 0.29) is 10.7 Å². The highest BCUT2D eigenvalue weighted by Crippen LogP contribution is 2.25. The molecule has 0 fully saturated rings. The number of anilines is 1. The fourth-order valence-corrected chi connectivity index (χ4v) is 3.44. The number of sulfonamides is 1. The van der Waals surface area contributed by atoms with Crippen LogP contribution in [0.5, 0.6) is 0 Å². The second-order valence-electron chi connectivity index (χ2n) is 4.16. The molecule has 0 radical (unpaired) electrons. The molecule has 0 heterocycles. The largest absolute Gasteiger partial charge is 0.392 e. The average Bonchev–Trinajstić information content (AvgIpc) is 2.61. The van der Waals surface area contributed by atoms with Crippen LogP contribution in [-0.2, 0) is 22.9 Å². The van der Waals surface area contributed by atoms with Gasteiger partial charge in [0.05, 0.1) is 4.99 Å². The van der Waals surface area contributed by atoms with Gasteiger partial charge in [-0.2, -0.15) is 0 Å². The van der Waals surface area contributed by atoms with E-state index in [1.165, 1.54) is 11.1 Å². The molecule has 0 unspecified atom stereocenters. The summed E-state index contributed by atoms with van der Waals surface area (Å²) in [6.07, 6.45) is 3.23. The van der Waals surface area contributed by atoms with Crippen molar-refractivity contribution in [3.63, 3.8) is 0 Å². The van der Waals surface area contributed by atoms with Gasteiger partial charge in [-0.1, -0.05) is 18.3 Å². The molecule has 4 nitrogen and oxygen atoms in total. The van der Waals surface area contributed by atoms with Crippen molar-refractivity contribution in [3.8, 4) is 0 Å². The first-order valence-electron chi connectivity index (χ1n) is 5.37. The van der Waals surface area contributed by atoms with Gasteiger partial charge >= 0.3 is 0 Å². The number of hydrogen-bond acceptors (Lipinski definition) is 3. The first kappa shape index (κ1) is 12.3. The number of thiocarbonyl (C=S) groups is 1. The fourth-order valence-electron chi connectivity index (χ4n) is 2.04. The van der Waals surface area contributed by atoms with Crippen molar-refractivity contribution >= 4 is 32.9 Å². The second kappa shape index (κ2) is 4.62. The third-order valence-corrected chi connectivity index (χ3v) is 4.27. The highest BCUT2D eigenvalue weighted by atomic mass is 32.2. The zero-order valence-electron chi connectivity index (χ0n) is 9.27. The van der Waals surface area contributed by atoms with Crippen LogP contribution >= 0.6 is 12.2 Å². The lowest BCUT2D eigenvalue weighted by Gasteiger charge is -2.08. The maximum Gasteiger partial charge on any atom is 0.239 e. The summed E-state index contributed by atoms with van der Waals surface area (Å²) < 4.78 is 25.7. The SMILES string of the molecule is NC(=S)CS(=O)(=O)Nc1ccc2c(c1)CCC2. The van der Waals surface area contributed by atoms with Crippen molar-refractivity contribution in [2.75, 3.05) is 10.5 Å². The topological polar surface area (TPSA) is 72.2 Å². The van der Waals surface area contributed by atoms with E-state index in [0.717, 1.165) is 19.3 Å². The van der Waals surface area contributed by atoms with Gasteiger partial charge in [0.1, 0.15) is 5.75 Å². The molecule has 0 amide bonds. The van der Waals surface area contributed by atoms with Gasteiger partial charge in [-0.25, -0.2) is 8.42 Å². The Kier molecular flexibility index (Phi) is 3.35. The molecule has 0 bridgehead atoms. The molecule has 0 aliphatic heterocycles. The molecule has 6 heteroatoms. The number of benzene rings is 1. The predicted molar refractivity (Wildman–Crippen MR) is 72.7 cm³/mol. The Labute approximate surface area is 106 Å². The summed E-state index contributed by atoms with van der Waals surface area (Å²) in [5, 5.41) is 0. The van der Waals surface area contributed by atoms with Crippen molar-refractivity contribution < 1.29 is 8.42 Å². The first-order chi connectivity index (χ1) is 7.96. The average molecular weight is 270 g/mol. The minimum atomic E-state index is -3.47. The van der Waals surface area contributed by atoms with E-state index in [1.54, 1.807) is 6.07 Å². The maximum atomic E-state index is 11.6. The third-order valence-electron chi connectivity index (χ3n) is 2.70. The molecule has 92 valence electrons. The highest BCUT2D eigenvalue weighted by Gasteiger charge is 2.15. The minimum absolute atomic E-state index is 0.0290. The fraction of sp³-hybridized carbons (Fsp3) is 0.364. The summed E-state index contributed by atoms with van der Waals surface area (Å²) >= 11 is 4.60. The molecule has 17 heavy (non-hydrogen) atoms. The molecule has 0 atom stereocenters. The molecule has 2 rings (SSSR count). The molecular weight excluding hydrogens is 256 g/mol. The van der Waals surface area contributed by atoms with Crippen molar-refractivity contribution in [2.24, 2.45) is 5.73 Å². The van der Waals surface area contributed by atoms with E-state index in [9.17, 15) is 8.42 Å². The summed E-state index contributed by atoms with van der Waals surface area (Å²) in [6, 6.07) is 5.64. The van der Waals surface area contributed by atoms with Crippen LogP contribution < -0.4 is 10.5 Å². The first-order valence-corrected chi connectivity index (χ1v) is 7.43. The van der Waals surface area contributed by atoms with Gasteiger partial charge in [-0.3, -0.25) is 4.72 Å². The van der Waals surface area contributed by atoms with Crippen molar-refractivity contribution in [2.45, 2.75) is 19.3 Å². The lowest BCUT2D eigenvalue weighted by Crippen LogP contribution is -2.26. The number of rotatable bonds is 4. The monoisotopic (exact) mass is 270 g/mol. The standard InChI is InChI=1S/C11H14N2O2S2/c12-11(16)7-17(14,15)13-10-5-4-8-2-1-3-9(8)6-10/h4-6,13H,1-3,7H2,(H2,12,16). The number of nitrogens with one attached hydrogen (secondary N) is 1. The van der Waals surface area contributed by atoms with E-state index in [4.69, 9.17) is 5.73 Å². The molecule has 0 spiro atoms. The summed E-state index contributed by atoms with van der Waals surface area (Å²) in [5.41, 5.74) is 8.35. The normalized spacial score (nSPS) is 14.4. The molecule has 0 saturated heterocycles. The van der Waals surface area contributed by atoms with Crippen LogP contribution in [-0.4, -0.2) is 19.2 Å². The Morgan fingerprint density at radius 2 is 2.06 bits per heavy atom. The van der Waals surface area contributed by atoms with E-state index in [0.29, 0.717) is 5.69 Å². The Hall–Kier alpha value is -1.14. The predicted octanol–water partition coefficient (Wildman–Crippen LogP) is 1.20. The minimum Gasteiger partial charge on any atom is -0.392 e. The number of nitrogens with two attached hydrogens (primary N) is 1. The van der Waals surface area contributed by atoms with Gasteiger partial charge in [0, 0.05) is 5.69 Å². The molecule has 1 aromatic rings. The molecule has 1 aliphatic rings. The maximum absolute atomic E-state index is 11.6. The van der Waals surface area contributed by atoms with E-state index in [1.807, 2.05) is 12.1 Å². The van der Waals surface area contributed by atoms with Crippen LogP contribution in [0.1, 0.15) is 17.5 Å². The molecule has 0 saturated carbocycles. The highest BCUT2D eigenvalue weighted by molar-refractivity contribution is 7.95. The van der Waals surface area contributed by atoms with Crippen molar-refractivity contribution in [3.05, 3.63) is 29.3 Å². The van der Waals surface area contributed by atoms with E-state index >= 15 is 0 Å². The number of fused-ring (bicyclic) bond motifs is 1. The summed E-state index contributed by atoms with van der Waals surface area (Å²) in [4.78, 5) is -0.0290. The van der Waals surface area contributed by atoms with E-state index < -0.39 is 10.0 Å².